The van der Waals surface area contributed by atoms with E-state index in [9.17, 15) is 0 Å². The third-order valence-corrected chi connectivity index (χ3v) is 4.77. The summed E-state index contributed by atoms with van der Waals surface area (Å²) in [4.78, 5) is 0. The van der Waals surface area contributed by atoms with Crippen LogP contribution >= 0.6 is 0 Å². The van der Waals surface area contributed by atoms with Gasteiger partial charge in [-0.15, -0.1) is 0 Å². The molecule has 0 aliphatic rings. The Hall–Kier alpha value is -0.790. The molecular weight excluding hydrogens is 268 g/mol. The zero-order chi connectivity index (χ0) is 16.0. The van der Waals surface area contributed by atoms with Crippen molar-refractivity contribution in [2.24, 2.45) is 0 Å². The summed E-state index contributed by atoms with van der Waals surface area (Å²) in [5.41, 5.74) is 0. The van der Waals surface area contributed by atoms with Crippen LogP contribution < -0.4 is 4.57 Å². The Morgan fingerprint density at radius 3 is 1.82 bits per heavy atom. The van der Waals surface area contributed by atoms with Gasteiger partial charge < -0.3 is 0 Å². The van der Waals surface area contributed by atoms with Crippen molar-refractivity contribution in [3.05, 3.63) is 18.2 Å². The maximum absolute atomic E-state index is 2.40. The van der Waals surface area contributed by atoms with E-state index in [-0.39, 0.29) is 0 Å². The molecule has 0 saturated carbocycles. The molecule has 0 radical (unpaired) electrons. The molecule has 1 rings (SSSR count). The molecule has 2 heteroatoms. The highest BCUT2D eigenvalue weighted by molar-refractivity contribution is 4.83. The molecule has 1 aromatic rings. The second-order valence-corrected chi connectivity index (χ2v) is 6.57. The quantitative estimate of drug-likeness (QED) is 0.309. The van der Waals surface area contributed by atoms with E-state index in [0.29, 0.717) is 0 Å². The van der Waals surface area contributed by atoms with E-state index >= 15 is 0 Å². The summed E-state index contributed by atoms with van der Waals surface area (Å²) >= 11 is 0. The number of nitrogens with zero attached hydrogens (tertiary/aromatic N) is 2. The van der Waals surface area contributed by atoms with Crippen molar-refractivity contribution >= 4 is 0 Å². The lowest BCUT2D eigenvalue weighted by Gasteiger charge is -2.04. The zero-order valence-electron chi connectivity index (χ0n) is 15.4. The molecule has 0 aromatic carbocycles. The minimum absolute atomic E-state index is 1.10. The molecular formula is C20H39N2+. The van der Waals surface area contributed by atoms with Gasteiger partial charge in [-0.3, -0.25) is 0 Å². The lowest BCUT2D eigenvalue weighted by Crippen LogP contribution is -2.35. The highest BCUT2D eigenvalue weighted by Crippen LogP contribution is 2.12. The third-order valence-electron chi connectivity index (χ3n) is 4.77. The Bertz CT molecular complexity index is 346. The smallest absolute Gasteiger partial charge is 0.235 e. The van der Waals surface area contributed by atoms with E-state index in [1.807, 2.05) is 0 Å². The fourth-order valence-corrected chi connectivity index (χ4v) is 3.31. The van der Waals surface area contributed by atoms with Crippen LogP contribution in [0.1, 0.15) is 97.2 Å². The van der Waals surface area contributed by atoms with Crippen molar-refractivity contribution in [3.63, 3.8) is 0 Å². The molecule has 0 saturated heterocycles. The van der Waals surface area contributed by atoms with Gasteiger partial charge in [0.05, 0.1) is 13.1 Å². The van der Waals surface area contributed by atoms with E-state index < -0.39 is 0 Å². The Kier molecular flexibility index (Phi) is 11.1. The predicted molar refractivity (Wildman–Crippen MR) is 96.1 cm³/mol. The summed E-state index contributed by atoms with van der Waals surface area (Å²) in [6.45, 7) is 8.97. The summed E-state index contributed by atoms with van der Waals surface area (Å²) in [5, 5.41) is 0. The van der Waals surface area contributed by atoms with Crippen LogP contribution in [0.4, 0.5) is 0 Å². The van der Waals surface area contributed by atoms with E-state index in [4.69, 9.17) is 0 Å². The van der Waals surface area contributed by atoms with Gasteiger partial charge in [0.25, 0.3) is 5.82 Å². The van der Waals surface area contributed by atoms with Crippen molar-refractivity contribution in [3.8, 4) is 0 Å². The van der Waals surface area contributed by atoms with Gasteiger partial charge in [-0.1, -0.05) is 71.1 Å². The van der Waals surface area contributed by atoms with Crippen LogP contribution in [-0.4, -0.2) is 4.57 Å². The van der Waals surface area contributed by atoms with Gasteiger partial charge in [-0.2, -0.15) is 0 Å². The predicted octanol–water partition coefficient (Wildman–Crippen LogP) is 5.67. The average molecular weight is 308 g/mol. The molecule has 22 heavy (non-hydrogen) atoms. The molecule has 0 bridgehead atoms. The molecule has 0 N–H and O–H groups in total. The normalized spacial score (nSPS) is 11.2. The minimum atomic E-state index is 1.10. The molecule has 128 valence electrons. The lowest BCUT2D eigenvalue weighted by molar-refractivity contribution is -0.700. The Morgan fingerprint density at radius 2 is 1.32 bits per heavy atom. The molecule has 0 atom stereocenters. The number of aromatic nitrogens is 2. The second kappa shape index (κ2) is 12.7. The van der Waals surface area contributed by atoms with Crippen LogP contribution in [0, 0.1) is 0 Å². The number of rotatable bonds is 14. The van der Waals surface area contributed by atoms with Crippen LogP contribution in [0.3, 0.4) is 0 Å². The number of hydrogen-bond acceptors (Lipinski definition) is 0. The molecule has 2 nitrogen and oxygen atoms in total. The fourth-order valence-electron chi connectivity index (χ4n) is 3.31. The van der Waals surface area contributed by atoms with E-state index in [0.717, 1.165) is 13.1 Å². The number of unbranched alkanes of at least 4 members (excludes halogenated alkanes) is 10. The Balaban J connectivity index is 2.01. The van der Waals surface area contributed by atoms with Gasteiger partial charge in [0.2, 0.25) is 0 Å². The number of aryl methyl sites for hydroxylation is 2. The average Bonchev–Trinajstić information content (AvgIpc) is 2.94. The molecule has 1 aromatic heterocycles. The van der Waals surface area contributed by atoms with Gasteiger partial charge in [0, 0.05) is 6.42 Å². The summed E-state index contributed by atoms with van der Waals surface area (Å²) in [7, 11) is 0. The molecule has 0 amide bonds. The van der Waals surface area contributed by atoms with Crippen molar-refractivity contribution in [1.82, 2.24) is 4.57 Å². The van der Waals surface area contributed by atoms with Crippen LogP contribution in [0.15, 0.2) is 12.4 Å². The van der Waals surface area contributed by atoms with Crippen molar-refractivity contribution in [1.29, 1.82) is 0 Å². The number of hydrogen-bond donors (Lipinski definition) is 0. The first-order chi connectivity index (χ1) is 10.8. The summed E-state index contributed by atoms with van der Waals surface area (Å²) in [6.07, 6.45) is 21.4. The third kappa shape index (κ3) is 7.47. The Labute approximate surface area is 138 Å². The Morgan fingerprint density at radius 1 is 0.773 bits per heavy atom. The number of imidazole rings is 1. The molecule has 0 aliphatic carbocycles. The minimum Gasteiger partial charge on any atom is -0.235 e. The van der Waals surface area contributed by atoms with Crippen molar-refractivity contribution in [2.75, 3.05) is 0 Å². The second-order valence-electron chi connectivity index (χ2n) is 6.57. The SMILES string of the molecule is CCCCCCCCCCCCCc1n(CC)cc[n+]1CC. The summed E-state index contributed by atoms with van der Waals surface area (Å²) in [5.74, 6) is 1.51. The van der Waals surface area contributed by atoms with E-state index in [1.165, 1.54) is 82.9 Å². The highest BCUT2D eigenvalue weighted by Gasteiger charge is 2.13. The molecule has 0 spiro atoms. The first-order valence-electron chi connectivity index (χ1n) is 9.90. The van der Waals surface area contributed by atoms with Crippen LogP contribution in [-0.2, 0) is 19.5 Å². The zero-order valence-corrected chi connectivity index (χ0v) is 15.4. The van der Waals surface area contributed by atoms with E-state index in [1.54, 1.807) is 0 Å². The largest absolute Gasteiger partial charge is 0.256 e. The fraction of sp³-hybridized carbons (Fsp3) is 0.850. The summed E-state index contributed by atoms with van der Waals surface area (Å²) in [6, 6.07) is 0. The molecule has 0 unspecified atom stereocenters. The van der Waals surface area contributed by atoms with E-state index in [2.05, 4.69) is 42.3 Å². The van der Waals surface area contributed by atoms with Crippen LogP contribution in [0.5, 0.6) is 0 Å². The summed E-state index contributed by atoms with van der Waals surface area (Å²) < 4.78 is 4.81. The van der Waals surface area contributed by atoms with Crippen LogP contribution in [0.25, 0.3) is 0 Å². The van der Waals surface area contributed by atoms with Gasteiger partial charge in [-0.25, -0.2) is 9.13 Å². The van der Waals surface area contributed by atoms with Crippen LogP contribution in [0.2, 0.25) is 0 Å². The van der Waals surface area contributed by atoms with Crippen molar-refractivity contribution < 1.29 is 4.57 Å². The first-order valence-corrected chi connectivity index (χ1v) is 9.90. The monoisotopic (exact) mass is 307 g/mol. The van der Waals surface area contributed by atoms with Crippen molar-refractivity contribution in [2.45, 2.75) is 111 Å². The maximum atomic E-state index is 2.40. The molecule has 0 fully saturated rings. The molecule has 0 aliphatic heterocycles. The first kappa shape index (κ1) is 19.3. The molecule has 1 heterocycles. The highest BCUT2D eigenvalue weighted by atomic mass is 15.1. The maximum Gasteiger partial charge on any atom is 0.256 e. The lowest BCUT2D eigenvalue weighted by atomic mass is 10.1. The van der Waals surface area contributed by atoms with Gasteiger partial charge in [0.1, 0.15) is 12.4 Å². The van der Waals surface area contributed by atoms with Gasteiger partial charge in [-0.05, 0) is 20.3 Å². The standard InChI is InChI=1S/C20H39N2/c1-4-7-8-9-10-11-12-13-14-15-16-17-20-21(5-2)18-19-22(20)6-3/h18-19H,4-17H2,1-3H3/q+1. The topological polar surface area (TPSA) is 8.81 Å². The van der Waals surface area contributed by atoms with Gasteiger partial charge in [0.15, 0.2) is 0 Å². The van der Waals surface area contributed by atoms with Gasteiger partial charge >= 0.3 is 0 Å².